The van der Waals surface area contributed by atoms with Crippen LogP contribution in [0.15, 0.2) is 54.6 Å². The lowest BCUT2D eigenvalue weighted by Crippen LogP contribution is -2.00. The zero-order valence-electron chi connectivity index (χ0n) is 8.78. The van der Waals surface area contributed by atoms with E-state index in [-0.39, 0.29) is 5.69 Å². The van der Waals surface area contributed by atoms with Crippen molar-refractivity contribution in [1.29, 1.82) is 0 Å². The fourth-order valence-corrected chi connectivity index (χ4v) is 1.20. The Kier molecular flexibility index (Phi) is 3.20. The van der Waals surface area contributed by atoms with E-state index in [4.69, 9.17) is 9.78 Å². The van der Waals surface area contributed by atoms with Gasteiger partial charge in [0.1, 0.15) is 0 Å². The van der Waals surface area contributed by atoms with E-state index in [1.165, 1.54) is 24.3 Å². The summed E-state index contributed by atoms with van der Waals surface area (Å²) < 4.78 is 0. The number of hydrogen-bond acceptors (Lipinski definition) is 4. The summed E-state index contributed by atoms with van der Waals surface area (Å²) in [5.41, 5.74) is 0.0112. The van der Waals surface area contributed by atoms with Crippen LogP contribution in [0.25, 0.3) is 0 Å². The molecule has 5 heteroatoms. The third kappa shape index (κ3) is 2.94. The lowest BCUT2D eigenvalue weighted by Gasteiger charge is -2.04. The molecule has 0 atom stereocenters. The molecule has 0 amide bonds. The Hall–Kier alpha value is -2.56. The van der Waals surface area contributed by atoms with E-state index in [0.29, 0.717) is 11.5 Å². The molecule has 2 aromatic carbocycles. The van der Waals surface area contributed by atoms with Crippen molar-refractivity contribution in [3.63, 3.8) is 0 Å². The van der Waals surface area contributed by atoms with Crippen molar-refractivity contribution >= 4 is 5.69 Å². The summed E-state index contributed by atoms with van der Waals surface area (Å²) in [6, 6.07) is 14.6. The molecule has 0 heterocycles. The second-order valence-corrected chi connectivity index (χ2v) is 3.23. The van der Waals surface area contributed by atoms with Gasteiger partial charge in [-0.25, -0.2) is 0 Å². The number of nitrogens with zero attached hydrogens (tertiary/aromatic N) is 1. The van der Waals surface area contributed by atoms with Crippen LogP contribution in [0.2, 0.25) is 0 Å². The maximum Gasteiger partial charge on any atom is 0.269 e. The number of hydrogen-bond donors (Lipinski definition) is 0. The zero-order chi connectivity index (χ0) is 12.1. The topological polar surface area (TPSA) is 61.6 Å². The quantitative estimate of drug-likeness (QED) is 0.461. The fraction of sp³-hybridized carbons (Fsp3) is 0. The maximum absolute atomic E-state index is 10.4. The van der Waals surface area contributed by atoms with Gasteiger partial charge in [0.05, 0.1) is 4.92 Å². The third-order valence-electron chi connectivity index (χ3n) is 2.02. The minimum atomic E-state index is -0.470. The molecule has 0 spiro atoms. The van der Waals surface area contributed by atoms with E-state index in [9.17, 15) is 10.1 Å². The van der Waals surface area contributed by atoms with Crippen molar-refractivity contribution in [2.75, 3.05) is 0 Å². The number of para-hydroxylation sites is 1. The molecule has 0 radical (unpaired) electrons. The van der Waals surface area contributed by atoms with Crippen LogP contribution in [0.3, 0.4) is 0 Å². The minimum Gasteiger partial charge on any atom is -0.290 e. The highest BCUT2D eigenvalue weighted by atomic mass is 17.2. The van der Waals surface area contributed by atoms with E-state index in [0.717, 1.165) is 0 Å². The smallest absolute Gasteiger partial charge is 0.269 e. The Balaban J connectivity index is 1.98. The van der Waals surface area contributed by atoms with Gasteiger partial charge in [-0.3, -0.25) is 19.9 Å². The highest BCUT2D eigenvalue weighted by Gasteiger charge is 2.05. The molecule has 86 valence electrons. The Morgan fingerprint density at radius 1 is 0.824 bits per heavy atom. The third-order valence-corrected chi connectivity index (χ3v) is 2.02. The van der Waals surface area contributed by atoms with E-state index in [1.807, 2.05) is 18.2 Å². The van der Waals surface area contributed by atoms with Crippen LogP contribution in [-0.2, 0) is 0 Å². The average molecular weight is 231 g/mol. The second-order valence-electron chi connectivity index (χ2n) is 3.23. The number of non-ortho nitro benzene ring substituents is 1. The maximum atomic E-state index is 10.4. The van der Waals surface area contributed by atoms with Gasteiger partial charge in [-0.1, -0.05) is 18.2 Å². The van der Waals surface area contributed by atoms with E-state index in [1.54, 1.807) is 12.1 Å². The van der Waals surface area contributed by atoms with Crippen LogP contribution >= 0.6 is 0 Å². The summed E-state index contributed by atoms with van der Waals surface area (Å²) in [4.78, 5) is 20.0. The highest BCUT2D eigenvalue weighted by molar-refractivity contribution is 5.35. The van der Waals surface area contributed by atoms with Crippen LogP contribution in [0.4, 0.5) is 5.69 Å². The molecule has 2 rings (SSSR count). The summed E-state index contributed by atoms with van der Waals surface area (Å²) in [5.74, 6) is 0.963. The molecule has 0 fully saturated rings. The fourth-order valence-electron chi connectivity index (χ4n) is 1.20. The Bertz CT molecular complexity index is 496. The van der Waals surface area contributed by atoms with Gasteiger partial charge in [0.15, 0.2) is 11.5 Å². The predicted molar refractivity (Wildman–Crippen MR) is 60.8 cm³/mol. The van der Waals surface area contributed by atoms with Crippen molar-refractivity contribution in [2.24, 2.45) is 0 Å². The standard InChI is InChI=1S/C12H9NO4/c14-13(15)10-6-8-12(9-7-10)17-16-11-4-2-1-3-5-11/h1-9H. The van der Waals surface area contributed by atoms with Crippen LogP contribution in [-0.4, -0.2) is 4.92 Å². The lowest BCUT2D eigenvalue weighted by atomic mass is 10.3. The Morgan fingerprint density at radius 3 is 1.88 bits per heavy atom. The van der Waals surface area contributed by atoms with E-state index in [2.05, 4.69) is 0 Å². The van der Waals surface area contributed by atoms with E-state index >= 15 is 0 Å². The van der Waals surface area contributed by atoms with Crippen LogP contribution in [0.1, 0.15) is 0 Å². The van der Waals surface area contributed by atoms with Crippen LogP contribution < -0.4 is 9.78 Å². The van der Waals surface area contributed by atoms with Crippen LogP contribution in [0.5, 0.6) is 11.5 Å². The van der Waals surface area contributed by atoms with Gasteiger partial charge in [-0.05, 0) is 24.3 Å². The molecule has 0 aliphatic heterocycles. The number of nitro benzene ring substituents is 1. The first-order chi connectivity index (χ1) is 8.25. The van der Waals surface area contributed by atoms with Gasteiger partial charge in [0.25, 0.3) is 5.69 Å². The molecule has 0 saturated heterocycles. The van der Waals surface area contributed by atoms with Crippen LogP contribution in [0, 0.1) is 10.1 Å². The highest BCUT2D eigenvalue weighted by Crippen LogP contribution is 2.18. The van der Waals surface area contributed by atoms with Crippen molar-refractivity contribution < 1.29 is 14.7 Å². The predicted octanol–water partition coefficient (Wildman–Crippen LogP) is 2.97. The molecule has 17 heavy (non-hydrogen) atoms. The SMILES string of the molecule is O=[N+]([O-])c1ccc(OOc2ccccc2)cc1. The molecular formula is C12H9NO4. The second kappa shape index (κ2) is 4.98. The number of rotatable bonds is 4. The first kappa shape index (κ1) is 10.9. The van der Waals surface area contributed by atoms with Gasteiger partial charge in [-0.2, -0.15) is 0 Å². The van der Waals surface area contributed by atoms with Crippen molar-refractivity contribution in [3.05, 3.63) is 64.7 Å². The molecule has 0 aliphatic carbocycles. The zero-order valence-corrected chi connectivity index (χ0v) is 8.78. The normalized spacial score (nSPS) is 9.65. The molecule has 0 saturated carbocycles. The monoisotopic (exact) mass is 231 g/mol. The summed E-state index contributed by atoms with van der Waals surface area (Å²) in [6.07, 6.45) is 0. The lowest BCUT2D eigenvalue weighted by molar-refractivity contribution is -0.384. The average Bonchev–Trinajstić information content (AvgIpc) is 2.38. The first-order valence-electron chi connectivity index (χ1n) is 4.90. The summed E-state index contributed by atoms with van der Waals surface area (Å²) in [7, 11) is 0. The molecule has 5 nitrogen and oxygen atoms in total. The van der Waals surface area contributed by atoms with Gasteiger partial charge in [-0.15, -0.1) is 0 Å². The number of benzene rings is 2. The van der Waals surface area contributed by atoms with Crippen molar-refractivity contribution in [3.8, 4) is 11.5 Å². The molecule has 2 aromatic rings. The van der Waals surface area contributed by atoms with Gasteiger partial charge in [0, 0.05) is 12.1 Å². The largest absolute Gasteiger partial charge is 0.290 e. The Labute approximate surface area is 97.3 Å². The molecular weight excluding hydrogens is 222 g/mol. The summed E-state index contributed by atoms with van der Waals surface area (Å²) in [5, 5.41) is 10.4. The molecule has 0 bridgehead atoms. The minimum absolute atomic E-state index is 0.0112. The molecule has 0 aromatic heterocycles. The molecule has 0 aliphatic rings. The number of nitro groups is 1. The Morgan fingerprint density at radius 2 is 1.35 bits per heavy atom. The van der Waals surface area contributed by atoms with Gasteiger partial charge < -0.3 is 0 Å². The van der Waals surface area contributed by atoms with E-state index < -0.39 is 4.92 Å². The summed E-state index contributed by atoms with van der Waals surface area (Å²) in [6.45, 7) is 0. The summed E-state index contributed by atoms with van der Waals surface area (Å²) >= 11 is 0. The van der Waals surface area contributed by atoms with Gasteiger partial charge >= 0.3 is 0 Å². The molecule has 0 N–H and O–H groups in total. The molecule has 0 unspecified atom stereocenters. The first-order valence-corrected chi connectivity index (χ1v) is 4.90. The van der Waals surface area contributed by atoms with Crippen molar-refractivity contribution in [2.45, 2.75) is 0 Å². The van der Waals surface area contributed by atoms with Crippen molar-refractivity contribution in [1.82, 2.24) is 0 Å². The van der Waals surface area contributed by atoms with Gasteiger partial charge in [0.2, 0.25) is 0 Å².